The van der Waals surface area contributed by atoms with Crippen molar-refractivity contribution in [3.8, 4) is 0 Å². The summed E-state index contributed by atoms with van der Waals surface area (Å²) in [5, 5.41) is 9.84. The number of likely N-dealkylation sites (N-methyl/N-ethyl adjacent to an activating group) is 2. The highest BCUT2D eigenvalue weighted by atomic mass is 33.7. The first-order valence-corrected chi connectivity index (χ1v) is 11.7. The van der Waals surface area contributed by atoms with Gasteiger partial charge in [-0.1, -0.05) is 30.3 Å². The van der Waals surface area contributed by atoms with Gasteiger partial charge in [0.05, 0.1) is 6.61 Å². The Labute approximate surface area is 150 Å². The van der Waals surface area contributed by atoms with Gasteiger partial charge in [0.2, 0.25) is 4.87 Å². The number of aliphatic hydroxyl groups is 1. The lowest BCUT2D eigenvalue weighted by atomic mass is 9.98. The Balaban J connectivity index is 2.07. The summed E-state index contributed by atoms with van der Waals surface area (Å²) in [6, 6.07) is 9.69. The topological polar surface area (TPSA) is 60.9 Å². The molecule has 3 fully saturated rings. The summed E-state index contributed by atoms with van der Waals surface area (Å²) in [6.07, 6.45) is 0.434. The van der Waals surface area contributed by atoms with Crippen molar-refractivity contribution in [2.24, 2.45) is 0 Å². The maximum absolute atomic E-state index is 13.2. The SMILES string of the molecule is CN1C(=O)[C@@]2(CO)SSSS[C@@]1(Cc1ccccc1)C(=O)N2C. The van der Waals surface area contributed by atoms with Gasteiger partial charge in [-0.15, -0.1) is 0 Å². The second-order valence-electron chi connectivity index (χ2n) is 5.42. The number of rotatable bonds is 3. The molecule has 3 saturated heterocycles. The molecule has 3 aliphatic rings. The standard InChI is InChI=1S/C14H16N2O3S4/c1-15-12(19)14(9-17)16(2)11(18)13(15,20-22-23-21-14)8-10-6-4-3-5-7-10/h3-7,17H,8-9H2,1-2H3/t13-,14+/m0/s1. The lowest BCUT2D eigenvalue weighted by Crippen LogP contribution is -2.74. The molecule has 1 aromatic rings. The Bertz CT molecular complexity index is 632. The van der Waals surface area contributed by atoms with Crippen molar-refractivity contribution < 1.29 is 14.7 Å². The molecule has 3 heterocycles. The first kappa shape index (κ1) is 17.3. The highest BCUT2D eigenvalue weighted by Crippen LogP contribution is 2.61. The van der Waals surface area contributed by atoms with Crippen LogP contribution in [0.1, 0.15) is 5.56 Å². The molecule has 23 heavy (non-hydrogen) atoms. The van der Waals surface area contributed by atoms with Gasteiger partial charge in [-0.2, -0.15) is 0 Å². The maximum atomic E-state index is 13.2. The highest BCUT2D eigenvalue weighted by Gasteiger charge is 2.63. The fourth-order valence-electron chi connectivity index (χ4n) is 2.76. The molecule has 1 aromatic carbocycles. The van der Waals surface area contributed by atoms with Gasteiger partial charge in [-0.3, -0.25) is 9.59 Å². The number of aliphatic hydroxyl groups excluding tert-OH is 1. The number of carbonyl (C=O) groups excluding carboxylic acids is 2. The second-order valence-corrected chi connectivity index (χ2v) is 11.6. The fraction of sp³-hybridized carbons (Fsp3) is 0.429. The van der Waals surface area contributed by atoms with Crippen molar-refractivity contribution in [3.63, 3.8) is 0 Å². The molecule has 3 aliphatic heterocycles. The van der Waals surface area contributed by atoms with E-state index in [2.05, 4.69) is 0 Å². The Kier molecular flexibility index (Phi) is 4.85. The Morgan fingerprint density at radius 2 is 1.48 bits per heavy atom. The average Bonchev–Trinajstić information content (AvgIpc) is 2.57. The number of piperazine rings is 1. The number of hydrogen-bond donors (Lipinski definition) is 1. The second kappa shape index (κ2) is 6.44. The number of amides is 2. The average molecular weight is 389 g/mol. The molecule has 1 N–H and O–H groups in total. The predicted octanol–water partition coefficient (Wildman–Crippen LogP) is 2.24. The predicted molar refractivity (Wildman–Crippen MR) is 98.6 cm³/mol. The third-order valence-electron chi connectivity index (χ3n) is 4.23. The zero-order valence-corrected chi connectivity index (χ0v) is 15.9. The van der Waals surface area contributed by atoms with Crippen molar-refractivity contribution in [1.29, 1.82) is 0 Å². The van der Waals surface area contributed by atoms with Crippen molar-refractivity contribution in [2.75, 3.05) is 20.7 Å². The van der Waals surface area contributed by atoms with Crippen molar-refractivity contribution in [2.45, 2.75) is 16.2 Å². The molecule has 0 radical (unpaired) electrons. The minimum absolute atomic E-state index is 0.150. The normalized spacial score (nSPS) is 31.3. The lowest BCUT2D eigenvalue weighted by molar-refractivity contribution is -0.164. The number of carbonyl (C=O) groups is 2. The molecule has 9 heteroatoms. The summed E-state index contributed by atoms with van der Waals surface area (Å²) < 4.78 is 0. The molecule has 2 atom stereocenters. The van der Waals surface area contributed by atoms with Crippen LogP contribution in [-0.4, -0.2) is 57.2 Å². The van der Waals surface area contributed by atoms with Gasteiger partial charge in [-0.25, -0.2) is 0 Å². The number of fused-ring (bicyclic) bond motifs is 5. The molecular weight excluding hydrogens is 372 g/mol. The van der Waals surface area contributed by atoms with Crippen molar-refractivity contribution in [1.82, 2.24) is 9.80 Å². The van der Waals surface area contributed by atoms with E-state index in [1.807, 2.05) is 30.3 Å². The van der Waals surface area contributed by atoms with Crippen LogP contribution in [-0.2, 0) is 16.0 Å². The van der Waals surface area contributed by atoms with Crippen molar-refractivity contribution in [3.05, 3.63) is 35.9 Å². The third kappa shape index (κ3) is 2.57. The van der Waals surface area contributed by atoms with Gasteiger partial charge in [0.25, 0.3) is 11.8 Å². The van der Waals surface area contributed by atoms with Gasteiger partial charge < -0.3 is 14.9 Å². The van der Waals surface area contributed by atoms with E-state index in [1.54, 1.807) is 14.1 Å². The van der Waals surface area contributed by atoms with Crippen LogP contribution in [0, 0.1) is 0 Å². The largest absolute Gasteiger partial charge is 0.392 e. The molecule has 0 unspecified atom stereocenters. The lowest BCUT2D eigenvalue weighted by Gasteiger charge is -2.54. The fourth-order valence-corrected chi connectivity index (χ4v) is 10.4. The summed E-state index contributed by atoms with van der Waals surface area (Å²) in [6.45, 7) is -0.400. The van der Waals surface area contributed by atoms with E-state index < -0.39 is 16.3 Å². The minimum atomic E-state index is -1.25. The molecule has 5 nitrogen and oxygen atoms in total. The van der Waals surface area contributed by atoms with Crippen molar-refractivity contribution >= 4 is 53.1 Å². The van der Waals surface area contributed by atoms with Crippen LogP contribution >= 0.6 is 41.2 Å². The summed E-state index contributed by atoms with van der Waals surface area (Å²) >= 11 is 0. The van der Waals surface area contributed by atoms with Crippen LogP contribution < -0.4 is 0 Å². The quantitative estimate of drug-likeness (QED) is 0.797. The monoisotopic (exact) mass is 388 g/mol. The molecule has 4 rings (SSSR count). The van der Waals surface area contributed by atoms with Crippen LogP contribution in [0.2, 0.25) is 0 Å². The molecule has 0 aliphatic carbocycles. The van der Waals surface area contributed by atoms with Gasteiger partial charge in [-0.05, 0) is 46.8 Å². The van der Waals surface area contributed by atoms with E-state index in [1.165, 1.54) is 51.0 Å². The van der Waals surface area contributed by atoms with Crippen LogP contribution in [0.15, 0.2) is 30.3 Å². The molecule has 124 valence electrons. The molecule has 0 aromatic heterocycles. The zero-order valence-electron chi connectivity index (χ0n) is 12.6. The Morgan fingerprint density at radius 1 is 0.957 bits per heavy atom. The van der Waals surface area contributed by atoms with Gasteiger partial charge in [0.1, 0.15) is 0 Å². The third-order valence-corrected chi connectivity index (χ3v) is 11.6. The molecular formula is C14H16N2O3S4. The summed E-state index contributed by atoms with van der Waals surface area (Å²) in [4.78, 5) is 26.8. The van der Waals surface area contributed by atoms with Crippen LogP contribution in [0.5, 0.6) is 0 Å². The van der Waals surface area contributed by atoms with E-state index >= 15 is 0 Å². The molecule has 0 saturated carbocycles. The van der Waals surface area contributed by atoms with E-state index in [9.17, 15) is 14.7 Å². The minimum Gasteiger partial charge on any atom is -0.392 e. The van der Waals surface area contributed by atoms with Crippen LogP contribution in [0.25, 0.3) is 0 Å². The molecule has 2 bridgehead atoms. The zero-order chi connectivity index (χ0) is 16.7. The van der Waals surface area contributed by atoms with Crippen LogP contribution in [0.4, 0.5) is 0 Å². The summed E-state index contributed by atoms with van der Waals surface area (Å²) in [7, 11) is 8.81. The Morgan fingerprint density at radius 3 is 2.09 bits per heavy atom. The van der Waals surface area contributed by atoms with E-state index in [4.69, 9.17) is 0 Å². The number of hydrogen-bond acceptors (Lipinski definition) is 7. The Hall–Kier alpha value is -0.480. The molecule has 0 spiro atoms. The van der Waals surface area contributed by atoms with Gasteiger partial charge in [0.15, 0.2) is 4.87 Å². The van der Waals surface area contributed by atoms with Gasteiger partial charge >= 0.3 is 0 Å². The van der Waals surface area contributed by atoms with E-state index in [0.29, 0.717) is 6.42 Å². The molecule has 2 amide bonds. The van der Waals surface area contributed by atoms with Crippen LogP contribution in [0.3, 0.4) is 0 Å². The summed E-state index contributed by atoms with van der Waals surface area (Å²) in [5.41, 5.74) is 0.997. The maximum Gasteiger partial charge on any atom is 0.263 e. The first-order chi connectivity index (χ1) is 11.0. The summed E-state index contributed by atoms with van der Waals surface area (Å²) in [5.74, 6) is -0.383. The highest BCUT2D eigenvalue weighted by molar-refractivity contribution is 9.26. The number of nitrogens with zero attached hydrogens (tertiary/aromatic N) is 2. The van der Waals surface area contributed by atoms with Gasteiger partial charge in [0, 0.05) is 20.5 Å². The smallest absolute Gasteiger partial charge is 0.263 e. The number of benzene rings is 1. The first-order valence-electron chi connectivity index (χ1n) is 6.89. The van der Waals surface area contributed by atoms with E-state index in [0.717, 1.165) is 5.56 Å². The van der Waals surface area contributed by atoms with E-state index in [-0.39, 0.29) is 11.8 Å².